The van der Waals surface area contributed by atoms with E-state index in [0.717, 1.165) is 11.1 Å². The topological polar surface area (TPSA) is 29.5 Å². The van der Waals surface area contributed by atoms with Gasteiger partial charge in [-0.1, -0.05) is 47.5 Å². The summed E-state index contributed by atoms with van der Waals surface area (Å²) in [5, 5.41) is 11.4. The van der Waals surface area contributed by atoms with E-state index in [1.54, 1.807) is 18.2 Å². The molecule has 0 radical (unpaired) electrons. The van der Waals surface area contributed by atoms with Gasteiger partial charge in [0.25, 0.3) is 0 Å². The molecule has 2 nitrogen and oxygen atoms in total. The minimum atomic E-state index is -0.827. The Morgan fingerprint density at radius 3 is 2.42 bits per heavy atom. The predicted molar refractivity (Wildman–Crippen MR) is 75.5 cm³/mol. The molecule has 1 N–H and O–H groups in total. The molecule has 0 bridgehead atoms. The van der Waals surface area contributed by atoms with Crippen molar-refractivity contribution in [3.05, 3.63) is 68.7 Å². The Labute approximate surface area is 121 Å². The summed E-state index contributed by atoms with van der Waals surface area (Å²) in [6.07, 6.45) is -0.827. The van der Waals surface area contributed by atoms with Gasteiger partial charge in [0.15, 0.2) is 0 Å². The zero-order valence-corrected chi connectivity index (χ0v) is 11.6. The lowest BCUT2D eigenvalue weighted by Gasteiger charge is -2.15. The Morgan fingerprint density at radius 1 is 1.00 bits per heavy atom. The largest absolute Gasteiger partial charge is 0.384 e. The molecule has 98 valence electrons. The van der Waals surface area contributed by atoms with Crippen molar-refractivity contribution in [3.8, 4) is 0 Å². The molecule has 1 heterocycles. The van der Waals surface area contributed by atoms with E-state index in [2.05, 4.69) is 0 Å². The standard InChI is InChI=1S/C15H12Cl2O2/c16-12-2-1-3-13(17)14(12)15(18)9-4-5-10-7-19-8-11(10)6-9/h1-6,15,18H,7-8H2. The van der Waals surface area contributed by atoms with Crippen LogP contribution in [0.15, 0.2) is 36.4 Å². The number of halogens is 2. The van der Waals surface area contributed by atoms with E-state index < -0.39 is 6.10 Å². The molecule has 0 saturated heterocycles. The molecule has 0 amide bonds. The van der Waals surface area contributed by atoms with Crippen LogP contribution < -0.4 is 0 Å². The summed E-state index contributed by atoms with van der Waals surface area (Å²) in [6, 6.07) is 11.0. The molecule has 3 rings (SSSR count). The van der Waals surface area contributed by atoms with Gasteiger partial charge in [-0.05, 0) is 28.8 Å². The smallest absolute Gasteiger partial charge is 0.107 e. The highest BCUT2D eigenvalue weighted by atomic mass is 35.5. The molecule has 4 heteroatoms. The first-order valence-electron chi connectivity index (χ1n) is 5.98. The Morgan fingerprint density at radius 2 is 1.68 bits per heavy atom. The summed E-state index contributed by atoms with van der Waals surface area (Å²) in [5.41, 5.74) is 3.60. The van der Waals surface area contributed by atoms with Gasteiger partial charge in [-0.3, -0.25) is 0 Å². The maximum Gasteiger partial charge on any atom is 0.107 e. The average Bonchev–Trinajstić information content (AvgIpc) is 2.85. The molecule has 0 saturated carbocycles. The summed E-state index contributed by atoms with van der Waals surface area (Å²) in [4.78, 5) is 0. The third-order valence-corrected chi connectivity index (χ3v) is 3.99. The van der Waals surface area contributed by atoms with Gasteiger partial charge in [0.05, 0.1) is 13.2 Å². The molecule has 0 aliphatic carbocycles. The van der Waals surface area contributed by atoms with E-state index in [-0.39, 0.29) is 0 Å². The number of aliphatic hydroxyl groups is 1. The molecule has 1 atom stereocenters. The zero-order valence-electron chi connectivity index (χ0n) is 10.1. The van der Waals surface area contributed by atoms with Crippen LogP contribution in [0.4, 0.5) is 0 Å². The molecule has 2 aromatic rings. The first-order valence-corrected chi connectivity index (χ1v) is 6.74. The van der Waals surface area contributed by atoms with Gasteiger partial charge in [-0.25, -0.2) is 0 Å². The SMILES string of the molecule is OC(c1ccc2c(c1)COC2)c1c(Cl)cccc1Cl. The fourth-order valence-electron chi connectivity index (χ4n) is 2.30. The number of aliphatic hydroxyl groups excluding tert-OH is 1. The van der Waals surface area contributed by atoms with Crippen LogP contribution in [-0.4, -0.2) is 5.11 Å². The summed E-state index contributed by atoms with van der Waals surface area (Å²) < 4.78 is 5.37. The minimum absolute atomic E-state index is 0.469. The number of benzene rings is 2. The second-order valence-electron chi connectivity index (χ2n) is 4.56. The number of fused-ring (bicyclic) bond motifs is 1. The molecule has 1 aliphatic heterocycles. The first kappa shape index (κ1) is 12.9. The summed E-state index contributed by atoms with van der Waals surface area (Å²) >= 11 is 12.2. The number of hydrogen-bond acceptors (Lipinski definition) is 2. The molecule has 0 aromatic heterocycles. The van der Waals surface area contributed by atoms with Gasteiger partial charge in [0.2, 0.25) is 0 Å². The molecule has 1 aliphatic rings. The van der Waals surface area contributed by atoms with Crippen molar-refractivity contribution >= 4 is 23.2 Å². The van der Waals surface area contributed by atoms with E-state index in [1.807, 2.05) is 18.2 Å². The lowest BCUT2D eigenvalue weighted by molar-refractivity contribution is 0.134. The van der Waals surface area contributed by atoms with Crippen LogP contribution in [0, 0.1) is 0 Å². The summed E-state index contributed by atoms with van der Waals surface area (Å²) in [7, 11) is 0. The van der Waals surface area contributed by atoms with Gasteiger partial charge < -0.3 is 9.84 Å². The van der Waals surface area contributed by atoms with Crippen molar-refractivity contribution < 1.29 is 9.84 Å². The Balaban J connectivity index is 2.02. The van der Waals surface area contributed by atoms with Crippen molar-refractivity contribution in [2.75, 3.05) is 0 Å². The zero-order chi connectivity index (χ0) is 13.4. The average molecular weight is 295 g/mol. The first-order chi connectivity index (χ1) is 9.16. The fourth-order valence-corrected chi connectivity index (χ4v) is 2.90. The molecule has 0 spiro atoms. The highest BCUT2D eigenvalue weighted by molar-refractivity contribution is 6.36. The Bertz CT molecular complexity index is 605. The normalized spacial score (nSPS) is 15.3. The van der Waals surface area contributed by atoms with Gasteiger partial charge in [-0.15, -0.1) is 0 Å². The lowest BCUT2D eigenvalue weighted by atomic mass is 9.98. The van der Waals surface area contributed by atoms with Gasteiger partial charge >= 0.3 is 0 Å². The Kier molecular flexibility index (Phi) is 3.50. The van der Waals surface area contributed by atoms with E-state index in [0.29, 0.717) is 28.8 Å². The van der Waals surface area contributed by atoms with E-state index in [9.17, 15) is 5.11 Å². The highest BCUT2D eigenvalue weighted by Crippen LogP contribution is 2.35. The molecular weight excluding hydrogens is 283 g/mol. The summed E-state index contributed by atoms with van der Waals surface area (Å²) in [6.45, 7) is 1.23. The predicted octanol–water partition coefficient (Wildman–Crippen LogP) is 4.11. The van der Waals surface area contributed by atoms with Crippen molar-refractivity contribution in [2.45, 2.75) is 19.3 Å². The van der Waals surface area contributed by atoms with E-state index >= 15 is 0 Å². The minimum Gasteiger partial charge on any atom is -0.384 e. The van der Waals surface area contributed by atoms with Crippen molar-refractivity contribution in [1.29, 1.82) is 0 Å². The number of hydrogen-bond donors (Lipinski definition) is 1. The van der Waals surface area contributed by atoms with Crippen molar-refractivity contribution in [3.63, 3.8) is 0 Å². The quantitative estimate of drug-likeness (QED) is 0.903. The van der Waals surface area contributed by atoms with Gasteiger partial charge in [-0.2, -0.15) is 0 Å². The summed E-state index contributed by atoms with van der Waals surface area (Å²) in [5.74, 6) is 0. The van der Waals surface area contributed by atoms with Gasteiger partial charge in [0.1, 0.15) is 6.10 Å². The lowest BCUT2D eigenvalue weighted by Crippen LogP contribution is -2.02. The van der Waals surface area contributed by atoms with Crippen LogP contribution in [0.2, 0.25) is 10.0 Å². The van der Waals surface area contributed by atoms with E-state index in [4.69, 9.17) is 27.9 Å². The van der Waals surface area contributed by atoms with E-state index in [1.165, 1.54) is 5.56 Å². The molecule has 1 unspecified atom stereocenters. The van der Waals surface area contributed by atoms with Crippen LogP contribution >= 0.6 is 23.2 Å². The third kappa shape index (κ3) is 2.37. The maximum absolute atomic E-state index is 10.5. The Hall–Kier alpha value is -1.06. The van der Waals surface area contributed by atoms with Gasteiger partial charge in [0, 0.05) is 15.6 Å². The molecule has 2 aromatic carbocycles. The van der Waals surface area contributed by atoms with Crippen LogP contribution in [0.25, 0.3) is 0 Å². The monoisotopic (exact) mass is 294 g/mol. The third-order valence-electron chi connectivity index (χ3n) is 3.33. The number of ether oxygens (including phenoxy) is 1. The van der Waals surface area contributed by atoms with Crippen LogP contribution in [-0.2, 0) is 18.0 Å². The maximum atomic E-state index is 10.5. The molecular formula is C15H12Cl2O2. The van der Waals surface area contributed by atoms with Crippen LogP contribution in [0.5, 0.6) is 0 Å². The molecule has 19 heavy (non-hydrogen) atoms. The second-order valence-corrected chi connectivity index (χ2v) is 5.37. The number of rotatable bonds is 2. The highest BCUT2D eigenvalue weighted by Gasteiger charge is 2.19. The van der Waals surface area contributed by atoms with Crippen molar-refractivity contribution in [2.24, 2.45) is 0 Å². The van der Waals surface area contributed by atoms with Crippen molar-refractivity contribution in [1.82, 2.24) is 0 Å². The van der Waals surface area contributed by atoms with Crippen LogP contribution in [0.3, 0.4) is 0 Å². The van der Waals surface area contributed by atoms with Crippen LogP contribution in [0.1, 0.15) is 28.4 Å². The fraction of sp³-hybridized carbons (Fsp3) is 0.200. The molecule has 0 fully saturated rings. The second kappa shape index (κ2) is 5.14.